The van der Waals surface area contributed by atoms with Crippen LogP contribution in [0.3, 0.4) is 0 Å². The van der Waals surface area contributed by atoms with Gasteiger partial charge in [0.1, 0.15) is 0 Å². The molecule has 2 atom stereocenters. The van der Waals surface area contributed by atoms with Crippen molar-refractivity contribution in [2.75, 3.05) is 0 Å². The van der Waals surface area contributed by atoms with Gasteiger partial charge in [-0.1, -0.05) is 0 Å². The lowest BCUT2D eigenvalue weighted by molar-refractivity contribution is -0.395. The van der Waals surface area contributed by atoms with E-state index in [1.807, 2.05) is 0 Å². The van der Waals surface area contributed by atoms with Gasteiger partial charge in [0.05, 0.1) is 21.5 Å². The number of carboxylic acids is 1. The topological polar surface area (TPSA) is 187 Å². The Morgan fingerprint density at radius 3 is 2.25 bits per heavy atom. The number of imide groups is 1. The maximum atomic E-state index is 12.4. The third-order valence-corrected chi connectivity index (χ3v) is 4.58. The first-order chi connectivity index (χ1) is 13.0. The van der Waals surface area contributed by atoms with Crippen LogP contribution < -0.4 is 5.73 Å². The molecule has 1 aromatic carbocycles. The first-order valence-electron chi connectivity index (χ1n) is 8.30. The molecule has 1 fully saturated rings. The number of carboxylic acid groups (broad SMARTS) is 1. The van der Waals surface area contributed by atoms with Gasteiger partial charge in [0.15, 0.2) is 5.54 Å². The standard InChI is InChI=1S/C16H18N4O8/c1-9(17)6-7-16(15(23)24,18-13(21)4-5-14(18)22)11-3-2-10(19(25)26)8-12(11)20(27)28/h2-3,8-9H,4-7,17H2,1H3,(H,23,24). The van der Waals surface area contributed by atoms with Crippen molar-refractivity contribution in [2.45, 2.75) is 44.2 Å². The normalized spacial score (nSPS) is 17.3. The van der Waals surface area contributed by atoms with E-state index in [0.717, 1.165) is 12.1 Å². The average Bonchev–Trinajstić information content (AvgIpc) is 2.94. The molecule has 1 aliphatic rings. The molecule has 12 heteroatoms. The second-order valence-corrected chi connectivity index (χ2v) is 6.52. The number of non-ortho nitro benzene ring substituents is 1. The number of likely N-dealkylation sites (tertiary alicyclic amines) is 1. The summed E-state index contributed by atoms with van der Waals surface area (Å²) in [6.07, 6.45) is -0.812. The molecule has 2 unspecified atom stereocenters. The quantitative estimate of drug-likeness (QED) is 0.369. The fourth-order valence-corrected chi connectivity index (χ4v) is 3.26. The lowest BCUT2D eigenvalue weighted by atomic mass is 9.81. The largest absolute Gasteiger partial charge is 0.479 e. The zero-order valence-electron chi connectivity index (χ0n) is 14.9. The zero-order valence-corrected chi connectivity index (χ0v) is 14.9. The highest BCUT2D eigenvalue weighted by atomic mass is 16.6. The van der Waals surface area contributed by atoms with Gasteiger partial charge >= 0.3 is 5.97 Å². The SMILES string of the molecule is CC(N)CCC(C(=O)O)(c1ccc([N+](=O)[O-])cc1[N+](=O)[O-])N1C(=O)CCC1=O. The van der Waals surface area contributed by atoms with Crippen molar-refractivity contribution in [3.8, 4) is 0 Å². The van der Waals surface area contributed by atoms with Crippen molar-refractivity contribution in [2.24, 2.45) is 5.73 Å². The van der Waals surface area contributed by atoms with Crippen molar-refractivity contribution in [1.82, 2.24) is 4.90 Å². The van der Waals surface area contributed by atoms with E-state index in [2.05, 4.69) is 0 Å². The predicted molar refractivity (Wildman–Crippen MR) is 93.0 cm³/mol. The predicted octanol–water partition coefficient (Wildman–Crippen LogP) is 1.06. The van der Waals surface area contributed by atoms with Gasteiger partial charge in [-0.3, -0.25) is 34.7 Å². The summed E-state index contributed by atoms with van der Waals surface area (Å²) >= 11 is 0. The molecule has 1 aliphatic heterocycles. The molecule has 2 rings (SSSR count). The Bertz CT molecular complexity index is 852. The van der Waals surface area contributed by atoms with Gasteiger partial charge in [-0.25, -0.2) is 4.79 Å². The summed E-state index contributed by atoms with van der Waals surface area (Å²) in [5.74, 6) is -3.23. The van der Waals surface area contributed by atoms with Crippen LogP contribution in [0.5, 0.6) is 0 Å². The van der Waals surface area contributed by atoms with Crippen molar-refractivity contribution < 1.29 is 29.3 Å². The molecule has 2 amide bonds. The summed E-state index contributed by atoms with van der Waals surface area (Å²) in [6.45, 7) is 1.57. The van der Waals surface area contributed by atoms with Crippen LogP contribution in [0.1, 0.15) is 38.2 Å². The number of carbonyl (C=O) groups excluding carboxylic acids is 2. The Balaban J connectivity index is 2.83. The van der Waals surface area contributed by atoms with E-state index in [4.69, 9.17) is 5.73 Å². The summed E-state index contributed by atoms with van der Waals surface area (Å²) in [4.78, 5) is 58.3. The fraction of sp³-hybridized carbons (Fsp3) is 0.438. The van der Waals surface area contributed by atoms with Crippen LogP contribution in [0, 0.1) is 20.2 Å². The molecule has 0 aliphatic carbocycles. The van der Waals surface area contributed by atoms with Crippen LogP contribution in [0.25, 0.3) is 0 Å². The van der Waals surface area contributed by atoms with Crippen molar-refractivity contribution in [3.05, 3.63) is 44.0 Å². The van der Waals surface area contributed by atoms with Crippen LogP contribution in [0.15, 0.2) is 18.2 Å². The third-order valence-electron chi connectivity index (χ3n) is 4.58. The fourth-order valence-electron chi connectivity index (χ4n) is 3.26. The van der Waals surface area contributed by atoms with E-state index in [-0.39, 0.29) is 25.7 Å². The summed E-state index contributed by atoms with van der Waals surface area (Å²) in [5, 5.41) is 32.6. The summed E-state index contributed by atoms with van der Waals surface area (Å²) in [7, 11) is 0. The smallest absolute Gasteiger partial charge is 0.335 e. The maximum Gasteiger partial charge on any atom is 0.335 e. The number of nitrogens with zero attached hydrogens (tertiary/aromatic N) is 3. The maximum absolute atomic E-state index is 12.4. The molecule has 12 nitrogen and oxygen atoms in total. The molecule has 28 heavy (non-hydrogen) atoms. The van der Waals surface area contributed by atoms with Crippen LogP contribution in [0.2, 0.25) is 0 Å². The number of carbonyl (C=O) groups is 3. The number of hydrogen-bond acceptors (Lipinski definition) is 8. The van der Waals surface area contributed by atoms with Crippen LogP contribution in [-0.2, 0) is 19.9 Å². The summed E-state index contributed by atoms with van der Waals surface area (Å²) in [5.41, 5.74) is 1.33. The van der Waals surface area contributed by atoms with Gasteiger partial charge in [-0.15, -0.1) is 0 Å². The number of aliphatic carboxylic acids is 1. The minimum absolute atomic E-state index is 0.0253. The minimum Gasteiger partial charge on any atom is -0.479 e. The first kappa shape index (κ1) is 20.9. The molecular formula is C16H18N4O8. The Morgan fingerprint density at radius 1 is 1.25 bits per heavy atom. The summed E-state index contributed by atoms with van der Waals surface area (Å²) < 4.78 is 0. The number of benzene rings is 1. The molecule has 1 aromatic rings. The van der Waals surface area contributed by atoms with E-state index in [1.165, 1.54) is 0 Å². The molecule has 0 saturated carbocycles. The molecule has 150 valence electrons. The second-order valence-electron chi connectivity index (χ2n) is 6.52. The van der Waals surface area contributed by atoms with Crippen molar-refractivity contribution >= 4 is 29.2 Å². The van der Waals surface area contributed by atoms with Gasteiger partial charge < -0.3 is 10.8 Å². The number of hydrogen-bond donors (Lipinski definition) is 2. The van der Waals surface area contributed by atoms with Gasteiger partial charge in [-0.2, -0.15) is 0 Å². The number of nitro groups is 2. The molecular weight excluding hydrogens is 376 g/mol. The van der Waals surface area contributed by atoms with E-state index < -0.39 is 56.1 Å². The van der Waals surface area contributed by atoms with Gasteiger partial charge in [0.25, 0.3) is 11.4 Å². The van der Waals surface area contributed by atoms with E-state index >= 15 is 0 Å². The van der Waals surface area contributed by atoms with E-state index in [9.17, 15) is 39.7 Å². The first-order valence-corrected chi connectivity index (χ1v) is 8.30. The van der Waals surface area contributed by atoms with Crippen LogP contribution >= 0.6 is 0 Å². The molecule has 1 saturated heterocycles. The molecule has 0 bridgehead atoms. The molecule has 3 N–H and O–H groups in total. The summed E-state index contributed by atoms with van der Waals surface area (Å²) in [6, 6.07) is 1.90. The number of nitro benzene ring substituents is 2. The van der Waals surface area contributed by atoms with Gasteiger partial charge in [0.2, 0.25) is 11.8 Å². The Kier molecular flexibility index (Phi) is 5.73. The second kappa shape index (κ2) is 7.68. The lowest BCUT2D eigenvalue weighted by Gasteiger charge is -2.37. The zero-order chi connectivity index (χ0) is 21.2. The number of nitrogens with two attached hydrogens (primary N) is 1. The highest BCUT2D eigenvalue weighted by molar-refractivity contribution is 6.06. The van der Waals surface area contributed by atoms with Crippen LogP contribution in [0.4, 0.5) is 11.4 Å². The molecule has 0 spiro atoms. The highest BCUT2D eigenvalue weighted by Crippen LogP contribution is 2.43. The average molecular weight is 394 g/mol. The monoisotopic (exact) mass is 394 g/mol. The highest BCUT2D eigenvalue weighted by Gasteiger charge is 2.55. The molecule has 0 radical (unpaired) electrons. The van der Waals surface area contributed by atoms with Crippen molar-refractivity contribution in [3.63, 3.8) is 0 Å². The Labute approximate surface area is 158 Å². The number of amides is 2. The molecule has 1 heterocycles. The molecule has 0 aromatic heterocycles. The van der Waals surface area contributed by atoms with Crippen molar-refractivity contribution in [1.29, 1.82) is 0 Å². The van der Waals surface area contributed by atoms with Gasteiger partial charge in [-0.05, 0) is 25.8 Å². The number of rotatable bonds is 8. The van der Waals surface area contributed by atoms with E-state index in [1.54, 1.807) is 6.92 Å². The lowest BCUT2D eigenvalue weighted by Crippen LogP contribution is -2.55. The Morgan fingerprint density at radius 2 is 1.82 bits per heavy atom. The third kappa shape index (κ3) is 3.53. The minimum atomic E-state index is -2.39. The Hall–Kier alpha value is -3.41. The van der Waals surface area contributed by atoms with Gasteiger partial charge in [0, 0.05) is 24.9 Å². The van der Waals surface area contributed by atoms with Crippen LogP contribution in [-0.4, -0.2) is 43.7 Å². The van der Waals surface area contributed by atoms with E-state index in [0.29, 0.717) is 11.0 Å².